The molecule has 1 aromatic rings. The van der Waals surface area contributed by atoms with Crippen molar-refractivity contribution in [1.82, 2.24) is 4.90 Å². The summed E-state index contributed by atoms with van der Waals surface area (Å²) in [4.78, 5) is 2.63. The molecule has 2 aliphatic rings. The van der Waals surface area contributed by atoms with Crippen LogP contribution >= 0.6 is 0 Å². The van der Waals surface area contributed by atoms with Crippen molar-refractivity contribution in [2.24, 2.45) is 17.6 Å². The van der Waals surface area contributed by atoms with Crippen molar-refractivity contribution in [3.05, 3.63) is 29.8 Å². The van der Waals surface area contributed by atoms with Crippen molar-refractivity contribution in [3.63, 3.8) is 0 Å². The molecule has 20 heavy (non-hydrogen) atoms. The van der Waals surface area contributed by atoms with Crippen molar-refractivity contribution in [1.29, 1.82) is 0 Å². The molecule has 3 heteroatoms. The van der Waals surface area contributed by atoms with Crippen LogP contribution < -0.4 is 10.5 Å². The van der Waals surface area contributed by atoms with Crippen LogP contribution in [-0.2, 0) is 6.54 Å². The zero-order valence-electron chi connectivity index (χ0n) is 12.3. The van der Waals surface area contributed by atoms with Crippen LogP contribution in [-0.4, -0.2) is 31.1 Å². The Morgan fingerprint density at radius 3 is 2.75 bits per heavy atom. The van der Waals surface area contributed by atoms with Gasteiger partial charge < -0.3 is 15.4 Å². The Kier molecular flexibility index (Phi) is 4.58. The summed E-state index contributed by atoms with van der Waals surface area (Å²) in [5, 5.41) is 0. The van der Waals surface area contributed by atoms with E-state index in [1.165, 1.54) is 38.9 Å². The second kappa shape index (κ2) is 6.59. The molecule has 1 saturated heterocycles. The van der Waals surface area contributed by atoms with E-state index >= 15 is 0 Å². The molecule has 0 spiro atoms. The third-order valence-electron chi connectivity index (χ3n) is 4.82. The topological polar surface area (TPSA) is 38.5 Å². The summed E-state index contributed by atoms with van der Waals surface area (Å²) in [5.74, 6) is 2.94. The van der Waals surface area contributed by atoms with Gasteiger partial charge in [0.15, 0.2) is 0 Å². The highest BCUT2D eigenvalue weighted by Crippen LogP contribution is 2.37. The van der Waals surface area contributed by atoms with Crippen molar-refractivity contribution < 1.29 is 4.74 Å². The van der Waals surface area contributed by atoms with Gasteiger partial charge in [-0.25, -0.2) is 0 Å². The van der Waals surface area contributed by atoms with E-state index in [4.69, 9.17) is 10.5 Å². The van der Waals surface area contributed by atoms with E-state index < -0.39 is 0 Å². The number of hydrogen-bond donors (Lipinski definition) is 1. The summed E-state index contributed by atoms with van der Waals surface area (Å²) >= 11 is 0. The Hall–Kier alpha value is -1.06. The second-order valence-electron chi connectivity index (χ2n) is 6.26. The third kappa shape index (κ3) is 3.33. The largest absolute Gasteiger partial charge is 0.494 e. The van der Waals surface area contributed by atoms with Gasteiger partial charge in [-0.05, 0) is 48.8 Å². The van der Waals surface area contributed by atoms with Gasteiger partial charge in [0.1, 0.15) is 5.75 Å². The average molecular weight is 274 g/mol. The molecule has 1 aliphatic carbocycles. The van der Waals surface area contributed by atoms with E-state index in [2.05, 4.69) is 4.90 Å². The smallest absolute Gasteiger partial charge is 0.119 e. The van der Waals surface area contributed by atoms with Crippen LogP contribution in [0.2, 0.25) is 0 Å². The molecule has 2 fully saturated rings. The monoisotopic (exact) mass is 274 g/mol. The second-order valence-corrected chi connectivity index (χ2v) is 6.26. The molecular weight excluding hydrogens is 248 g/mol. The summed E-state index contributed by atoms with van der Waals surface area (Å²) in [7, 11) is 0. The van der Waals surface area contributed by atoms with Gasteiger partial charge >= 0.3 is 0 Å². The number of nitrogens with two attached hydrogens (primary N) is 1. The van der Waals surface area contributed by atoms with Crippen molar-refractivity contribution in [2.45, 2.75) is 32.2 Å². The van der Waals surface area contributed by atoms with Gasteiger partial charge in [-0.2, -0.15) is 0 Å². The lowest BCUT2D eigenvalue weighted by Gasteiger charge is -2.16. The van der Waals surface area contributed by atoms with Crippen molar-refractivity contribution in [2.75, 3.05) is 26.2 Å². The van der Waals surface area contributed by atoms with E-state index in [1.807, 2.05) is 24.3 Å². The third-order valence-corrected chi connectivity index (χ3v) is 4.82. The maximum atomic E-state index is 5.82. The number of likely N-dealkylation sites (tertiary alicyclic amines) is 1. The lowest BCUT2D eigenvalue weighted by molar-refractivity contribution is 0.253. The predicted molar refractivity (Wildman–Crippen MR) is 81.7 cm³/mol. The normalized spacial score (nSPS) is 25.9. The molecule has 2 unspecified atom stereocenters. The lowest BCUT2D eigenvalue weighted by atomic mass is 10.0. The minimum atomic E-state index is 0.577. The first kappa shape index (κ1) is 13.9. The number of hydrogen-bond acceptors (Lipinski definition) is 3. The standard InChI is InChI=1S/C17H26N2O/c18-11-14-4-1-7-17(10-14)20-9-3-8-19-12-15-5-2-6-16(15)13-19/h1,4,7,10,15-16H,2-3,5-6,8-9,11-13,18H2. The molecule has 2 N–H and O–H groups in total. The van der Waals surface area contributed by atoms with Gasteiger partial charge in [-0.15, -0.1) is 0 Å². The molecular formula is C17H26N2O. The van der Waals surface area contributed by atoms with E-state index in [9.17, 15) is 0 Å². The minimum Gasteiger partial charge on any atom is -0.494 e. The number of ether oxygens (including phenoxy) is 1. The molecule has 110 valence electrons. The molecule has 0 radical (unpaired) electrons. The average Bonchev–Trinajstić information content (AvgIpc) is 3.05. The van der Waals surface area contributed by atoms with E-state index in [0.717, 1.165) is 36.2 Å². The molecule has 0 amide bonds. The van der Waals surface area contributed by atoms with E-state index in [0.29, 0.717) is 6.54 Å². The first-order valence-corrected chi connectivity index (χ1v) is 7.99. The lowest BCUT2D eigenvalue weighted by Crippen LogP contribution is -2.24. The summed E-state index contributed by atoms with van der Waals surface area (Å²) < 4.78 is 5.82. The fraction of sp³-hybridized carbons (Fsp3) is 0.647. The minimum absolute atomic E-state index is 0.577. The molecule has 3 rings (SSSR count). The maximum Gasteiger partial charge on any atom is 0.119 e. The molecule has 0 bridgehead atoms. The highest BCUT2D eigenvalue weighted by molar-refractivity contribution is 5.28. The number of rotatable bonds is 6. The van der Waals surface area contributed by atoms with Crippen LogP contribution in [0.1, 0.15) is 31.2 Å². The van der Waals surface area contributed by atoms with Gasteiger partial charge in [-0.3, -0.25) is 0 Å². The fourth-order valence-electron chi connectivity index (χ4n) is 3.76. The Morgan fingerprint density at radius 2 is 2.00 bits per heavy atom. The highest BCUT2D eigenvalue weighted by atomic mass is 16.5. The van der Waals surface area contributed by atoms with Crippen molar-refractivity contribution >= 4 is 0 Å². The van der Waals surface area contributed by atoms with Crippen LogP contribution in [0, 0.1) is 11.8 Å². The SMILES string of the molecule is NCc1cccc(OCCCN2CC3CCCC3C2)c1. The summed E-state index contributed by atoms with van der Waals surface area (Å²) in [5.41, 5.74) is 6.77. The van der Waals surface area contributed by atoms with Crippen molar-refractivity contribution in [3.8, 4) is 5.75 Å². The Bertz CT molecular complexity index is 423. The van der Waals surface area contributed by atoms with Gasteiger partial charge in [0.05, 0.1) is 6.61 Å². The first-order chi connectivity index (χ1) is 9.85. The fourth-order valence-corrected chi connectivity index (χ4v) is 3.76. The van der Waals surface area contributed by atoms with E-state index in [1.54, 1.807) is 0 Å². The Morgan fingerprint density at radius 1 is 1.20 bits per heavy atom. The van der Waals surface area contributed by atoms with Crippen LogP contribution in [0.4, 0.5) is 0 Å². The van der Waals surface area contributed by atoms with Crippen LogP contribution in [0.25, 0.3) is 0 Å². The zero-order chi connectivity index (χ0) is 13.8. The molecule has 1 saturated carbocycles. The quantitative estimate of drug-likeness (QED) is 0.811. The van der Waals surface area contributed by atoms with Crippen LogP contribution in [0.5, 0.6) is 5.75 Å². The number of fused-ring (bicyclic) bond motifs is 1. The van der Waals surface area contributed by atoms with Gasteiger partial charge in [0, 0.05) is 26.2 Å². The highest BCUT2D eigenvalue weighted by Gasteiger charge is 2.35. The molecule has 3 nitrogen and oxygen atoms in total. The molecule has 2 atom stereocenters. The van der Waals surface area contributed by atoms with E-state index in [-0.39, 0.29) is 0 Å². The van der Waals surface area contributed by atoms with Gasteiger partial charge in [-0.1, -0.05) is 18.6 Å². The molecule has 0 aromatic heterocycles. The molecule has 1 aliphatic heterocycles. The van der Waals surface area contributed by atoms with Gasteiger partial charge in [0.25, 0.3) is 0 Å². The van der Waals surface area contributed by atoms with Crippen LogP contribution in [0.3, 0.4) is 0 Å². The number of nitrogens with zero attached hydrogens (tertiary/aromatic N) is 1. The predicted octanol–water partition coefficient (Wildman–Crippen LogP) is 2.65. The zero-order valence-corrected chi connectivity index (χ0v) is 12.3. The van der Waals surface area contributed by atoms with Gasteiger partial charge in [0.2, 0.25) is 0 Å². The molecule has 1 aromatic carbocycles. The number of benzene rings is 1. The summed E-state index contributed by atoms with van der Waals surface area (Å²) in [6.07, 6.45) is 5.50. The Labute approximate surface area is 122 Å². The summed E-state index contributed by atoms with van der Waals surface area (Å²) in [6.45, 7) is 5.22. The first-order valence-electron chi connectivity index (χ1n) is 7.99. The molecule has 1 heterocycles. The Balaban J connectivity index is 1.36. The summed E-state index contributed by atoms with van der Waals surface area (Å²) in [6, 6.07) is 8.11. The van der Waals surface area contributed by atoms with Crippen LogP contribution in [0.15, 0.2) is 24.3 Å². The maximum absolute atomic E-state index is 5.82.